The molecular formula is C23H31N3O4S. The highest BCUT2D eigenvalue weighted by molar-refractivity contribution is 7.92. The number of carbonyl (C=O) groups excluding carboxylic acids is 2. The minimum atomic E-state index is -3.49. The molecule has 2 N–H and O–H groups in total. The van der Waals surface area contributed by atoms with Gasteiger partial charge in [-0.15, -0.1) is 0 Å². The minimum Gasteiger partial charge on any atom is -0.350 e. The molecule has 0 fully saturated rings. The molecule has 0 saturated heterocycles. The second kappa shape index (κ2) is 10.4. The summed E-state index contributed by atoms with van der Waals surface area (Å²) >= 11 is 0. The van der Waals surface area contributed by atoms with Crippen LogP contribution in [0.15, 0.2) is 42.5 Å². The van der Waals surface area contributed by atoms with Crippen molar-refractivity contribution < 1.29 is 18.0 Å². The van der Waals surface area contributed by atoms with Gasteiger partial charge in [0, 0.05) is 19.0 Å². The molecule has 2 aromatic carbocycles. The van der Waals surface area contributed by atoms with E-state index in [1.54, 1.807) is 30.3 Å². The number of nitrogens with one attached hydrogen (secondary N) is 2. The van der Waals surface area contributed by atoms with Gasteiger partial charge >= 0.3 is 0 Å². The number of rotatable bonds is 9. The number of hydrogen-bond acceptors (Lipinski definition) is 4. The van der Waals surface area contributed by atoms with Crippen molar-refractivity contribution in [3.8, 4) is 0 Å². The van der Waals surface area contributed by atoms with Gasteiger partial charge in [0.05, 0.1) is 23.2 Å². The monoisotopic (exact) mass is 445 g/mol. The first-order chi connectivity index (χ1) is 14.5. The van der Waals surface area contributed by atoms with Gasteiger partial charge in [-0.3, -0.25) is 13.9 Å². The Kier molecular flexibility index (Phi) is 8.21. The molecule has 2 aromatic rings. The molecule has 0 aliphatic heterocycles. The summed E-state index contributed by atoms with van der Waals surface area (Å²) in [4.78, 5) is 24.8. The van der Waals surface area contributed by atoms with E-state index >= 15 is 0 Å². The van der Waals surface area contributed by atoms with Gasteiger partial charge in [0.2, 0.25) is 15.9 Å². The maximum atomic E-state index is 12.5. The van der Waals surface area contributed by atoms with Crippen LogP contribution in [0.1, 0.15) is 48.2 Å². The normalized spacial score (nSPS) is 11.3. The molecular weight excluding hydrogens is 414 g/mol. The van der Waals surface area contributed by atoms with Crippen LogP contribution in [0.4, 0.5) is 11.4 Å². The predicted octanol–water partition coefficient (Wildman–Crippen LogP) is 3.63. The number of aryl methyl sites for hydroxylation is 2. The third kappa shape index (κ3) is 7.10. The largest absolute Gasteiger partial charge is 0.350 e. The van der Waals surface area contributed by atoms with Crippen LogP contribution in [0, 0.1) is 13.8 Å². The average molecular weight is 446 g/mol. The van der Waals surface area contributed by atoms with Crippen LogP contribution in [0.25, 0.3) is 0 Å². The van der Waals surface area contributed by atoms with E-state index in [-0.39, 0.29) is 30.8 Å². The molecule has 168 valence electrons. The summed E-state index contributed by atoms with van der Waals surface area (Å²) in [5.41, 5.74) is 3.48. The SMILES string of the molecule is Cc1ccc(N(CCCC(=O)Nc2ccccc2C(=O)NC(C)C)S(C)(=O)=O)cc1C. The molecule has 0 aromatic heterocycles. The van der Waals surface area contributed by atoms with Gasteiger partial charge in [0.15, 0.2) is 0 Å². The van der Waals surface area contributed by atoms with Gasteiger partial charge in [-0.25, -0.2) is 8.42 Å². The van der Waals surface area contributed by atoms with E-state index in [4.69, 9.17) is 0 Å². The number of nitrogens with zero attached hydrogens (tertiary/aromatic N) is 1. The van der Waals surface area contributed by atoms with Crippen molar-refractivity contribution in [2.75, 3.05) is 22.4 Å². The van der Waals surface area contributed by atoms with Crippen molar-refractivity contribution >= 4 is 33.2 Å². The fourth-order valence-corrected chi connectivity index (χ4v) is 4.05. The lowest BCUT2D eigenvalue weighted by molar-refractivity contribution is -0.116. The summed E-state index contributed by atoms with van der Waals surface area (Å²) in [6.07, 6.45) is 1.62. The second-order valence-corrected chi connectivity index (χ2v) is 9.84. The summed E-state index contributed by atoms with van der Waals surface area (Å²) < 4.78 is 25.9. The molecule has 7 nitrogen and oxygen atoms in total. The number of amides is 2. The van der Waals surface area contributed by atoms with E-state index in [0.717, 1.165) is 17.4 Å². The van der Waals surface area contributed by atoms with Crippen LogP contribution in [0.5, 0.6) is 0 Å². The molecule has 0 bridgehead atoms. The Balaban J connectivity index is 2.04. The lowest BCUT2D eigenvalue weighted by atomic mass is 10.1. The van der Waals surface area contributed by atoms with Crippen molar-refractivity contribution in [3.63, 3.8) is 0 Å². The molecule has 0 aliphatic rings. The van der Waals surface area contributed by atoms with Crippen LogP contribution in [0.2, 0.25) is 0 Å². The Morgan fingerprint density at radius 1 is 1.03 bits per heavy atom. The summed E-state index contributed by atoms with van der Waals surface area (Å²) in [6.45, 7) is 7.81. The number of hydrogen-bond donors (Lipinski definition) is 2. The summed E-state index contributed by atoms with van der Waals surface area (Å²) in [5, 5.41) is 5.58. The third-order valence-corrected chi connectivity index (χ3v) is 6.00. The van der Waals surface area contributed by atoms with Crippen LogP contribution in [-0.2, 0) is 14.8 Å². The van der Waals surface area contributed by atoms with Crippen LogP contribution in [0.3, 0.4) is 0 Å². The third-order valence-electron chi connectivity index (χ3n) is 4.81. The number of benzene rings is 2. The maximum Gasteiger partial charge on any atom is 0.253 e. The van der Waals surface area contributed by atoms with E-state index in [0.29, 0.717) is 23.4 Å². The highest BCUT2D eigenvalue weighted by atomic mass is 32.2. The van der Waals surface area contributed by atoms with E-state index in [2.05, 4.69) is 10.6 Å². The van der Waals surface area contributed by atoms with Crippen molar-refractivity contribution in [1.82, 2.24) is 5.32 Å². The fourth-order valence-electron chi connectivity index (χ4n) is 3.09. The Bertz CT molecular complexity index is 1050. The van der Waals surface area contributed by atoms with Gasteiger partial charge in [0.25, 0.3) is 5.91 Å². The highest BCUT2D eigenvalue weighted by Gasteiger charge is 2.19. The van der Waals surface area contributed by atoms with Gasteiger partial charge in [-0.05, 0) is 69.5 Å². The summed E-state index contributed by atoms with van der Waals surface area (Å²) in [5.74, 6) is -0.540. The lowest BCUT2D eigenvalue weighted by Gasteiger charge is -2.23. The van der Waals surface area contributed by atoms with Crippen LogP contribution in [-0.4, -0.2) is 39.1 Å². The molecule has 2 rings (SSSR count). The smallest absolute Gasteiger partial charge is 0.253 e. The molecule has 0 heterocycles. The summed E-state index contributed by atoms with van der Waals surface area (Å²) in [6, 6.07) is 12.3. The van der Waals surface area contributed by atoms with Crippen molar-refractivity contribution in [2.24, 2.45) is 0 Å². The van der Waals surface area contributed by atoms with E-state index in [1.807, 2.05) is 39.8 Å². The molecule has 0 atom stereocenters. The van der Waals surface area contributed by atoms with Crippen molar-refractivity contribution in [1.29, 1.82) is 0 Å². The topological polar surface area (TPSA) is 95.6 Å². The molecule has 0 unspecified atom stereocenters. The quantitative estimate of drug-likeness (QED) is 0.616. The molecule has 0 spiro atoms. The standard InChI is InChI=1S/C23H31N3O4S/c1-16(2)24-23(28)20-9-6-7-10-21(20)25-22(27)11-8-14-26(31(5,29)30)19-13-12-17(3)18(4)15-19/h6-7,9-10,12-13,15-16H,8,11,14H2,1-5H3,(H,24,28)(H,25,27). The Hall–Kier alpha value is -2.87. The zero-order chi connectivity index (χ0) is 23.2. The molecule has 8 heteroatoms. The zero-order valence-electron chi connectivity index (χ0n) is 18.7. The fraction of sp³-hybridized carbons (Fsp3) is 0.391. The van der Waals surface area contributed by atoms with Crippen molar-refractivity contribution in [2.45, 2.75) is 46.6 Å². The minimum absolute atomic E-state index is 0.0244. The van der Waals surface area contributed by atoms with Gasteiger partial charge in [-0.2, -0.15) is 0 Å². The first-order valence-corrected chi connectivity index (χ1v) is 12.1. The average Bonchev–Trinajstić information content (AvgIpc) is 2.66. The maximum absolute atomic E-state index is 12.5. The van der Waals surface area contributed by atoms with Gasteiger partial charge in [-0.1, -0.05) is 18.2 Å². The van der Waals surface area contributed by atoms with E-state index in [1.165, 1.54) is 4.31 Å². The predicted molar refractivity (Wildman–Crippen MR) is 125 cm³/mol. The number of carbonyl (C=O) groups is 2. The number of anilines is 2. The van der Waals surface area contributed by atoms with E-state index < -0.39 is 10.0 Å². The highest BCUT2D eigenvalue weighted by Crippen LogP contribution is 2.22. The van der Waals surface area contributed by atoms with Crippen LogP contribution >= 0.6 is 0 Å². The van der Waals surface area contributed by atoms with Crippen LogP contribution < -0.4 is 14.9 Å². The Labute approximate surface area is 184 Å². The first kappa shape index (κ1) is 24.4. The summed E-state index contributed by atoms with van der Waals surface area (Å²) in [7, 11) is -3.49. The molecule has 2 amide bonds. The number of para-hydroxylation sites is 1. The van der Waals surface area contributed by atoms with E-state index in [9.17, 15) is 18.0 Å². The molecule has 0 aliphatic carbocycles. The zero-order valence-corrected chi connectivity index (χ0v) is 19.5. The molecule has 0 radical (unpaired) electrons. The Morgan fingerprint density at radius 3 is 2.32 bits per heavy atom. The van der Waals surface area contributed by atoms with Gasteiger partial charge < -0.3 is 10.6 Å². The second-order valence-electron chi connectivity index (χ2n) is 7.93. The van der Waals surface area contributed by atoms with Gasteiger partial charge in [0.1, 0.15) is 0 Å². The first-order valence-electron chi connectivity index (χ1n) is 10.2. The molecule has 31 heavy (non-hydrogen) atoms. The Morgan fingerprint density at radius 2 is 1.71 bits per heavy atom. The lowest BCUT2D eigenvalue weighted by Crippen LogP contribution is -2.32. The number of sulfonamides is 1. The van der Waals surface area contributed by atoms with Crippen molar-refractivity contribution in [3.05, 3.63) is 59.2 Å². The molecule has 0 saturated carbocycles.